The van der Waals surface area contributed by atoms with Crippen molar-refractivity contribution < 1.29 is 42.9 Å². The zero-order chi connectivity index (χ0) is 53.2. The number of ether oxygens (including phenoxy) is 4. The van der Waals surface area contributed by atoms with Gasteiger partial charge >= 0.3 is 11.9 Å². The summed E-state index contributed by atoms with van der Waals surface area (Å²) in [6, 6.07) is 0. The highest BCUT2D eigenvalue weighted by atomic mass is 16.6. The third kappa shape index (κ3) is 33.6. The van der Waals surface area contributed by atoms with Crippen LogP contribution in [0.1, 0.15) is 250 Å². The molecule has 0 bridgehead atoms. The monoisotopic (exact) mass is 1010 g/mol. The molecule has 0 aromatic heterocycles. The summed E-state index contributed by atoms with van der Waals surface area (Å²) in [7, 11) is 0. The van der Waals surface area contributed by atoms with Crippen LogP contribution in [-0.4, -0.2) is 144 Å². The molecule has 416 valence electrons. The third-order valence-electron chi connectivity index (χ3n) is 13.9. The minimum atomic E-state index is -0.815. The average molecular weight is 1010 g/mol. The van der Waals surface area contributed by atoms with Crippen molar-refractivity contribution in [2.75, 3.05) is 65.4 Å². The topological polar surface area (TPSA) is 135 Å². The lowest BCUT2D eigenvalue weighted by atomic mass is 9.87. The third-order valence-corrected chi connectivity index (χ3v) is 13.9. The summed E-state index contributed by atoms with van der Waals surface area (Å²) < 4.78 is 22.9. The number of hydrogen-bond donors (Lipinski definition) is 0. The van der Waals surface area contributed by atoms with Gasteiger partial charge in [0.25, 0.3) is 12.9 Å². The van der Waals surface area contributed by atoms with Crippen molar-refractivity contribution in [2.45, 2.75) is 278 Å². The maximum atomic E-state index is 14.3. The van der Waals surface area contributed by atoms with Gasteiger partial charge in [-0.05, 0) is 108 Å². The molecule has 0 saturated carbocycles. The highest BCUT2D eigenvalue weighted by Gasteiger charge is 2.44. The van der Waals surface area contributed by atoms with Crippen molar-refractivity contribution in [2.24, 2.45) is 0 Å². The van der Waals surface area contributed by atoms with Gasteiger partial charge in [-0.1, -0.05) is 136 Å². The van der Waals surface area contributed by atoms with Crippen molar-refractivity contribution in [3.05, 3.63) is 0 Å². The van der Waals surface area contributed by atoms with Gasteiger partial charge in [0.2, 0.25) is 5.91 Å². The van der Waals surface area contributed by atoms with E-state index >= 15 is 0 Å². The molecule has 1 saturated heterocycles. The van der Waals surface area contributed by atoms with Crippen LogP contribution in [0.25, 0.3) is 0 Å². The van der Waals surface area contributed by atoms with E-state index in [2.05, 4.69) is 33.4 Å². The second kappa shape index (κ2) is 36.2. The molecule has 1 atom stereocenters. The van der Waals surface area contributed by atoms with Crippen LogP contribution < -0.4 is 0 Å². The molecule has 1 aliphatic heterocycles. The first kappa shape index (κ1) is 66.2. The summed E-state index contributed by atoms with van der Waals surface area (Å²) in [5.41, 5.74) is -3.61. The summed E-state index contributed by atoms with van der Waals surface area (Å²) in [6.45, 7) is 29.1. The Bertz CT molecular complexity index is 1420. The van der Waals surface area contributed by atoms with E-state index in [1.165, 1.54) is 103 Å². The molecular weight excluding hydrogens is 897 g/mol. The lowest BCUT2D eigenvalue weighted by molar-refractivity contribution is -0.161. The first-order valence-corrected chi connectivity index (χ1v) is 28.6. The number of rotatable bonds is 42. The van der Waals surface area contributed by atoms with Crippen LogP contribution in [0, 0.1) is 0 Å². The Labute approximate surface area is 435 Å². The molecule has 0 aromatic rings. The van der Waals surface area contributed by atoms with E-state index in [0.717, 1.165) is 38.8 Å². The van der Waals surface area contributed by atoms with Crippen molar-refractivity contribution in [1.29, 1.82) is 0 Å². The first-order valence-electron chi connectivity index (χ1n) is 28.6. The Balaban J connectivity index is 3.51. The maximum Gasteiger partial charge on any atom is 0.320 e. The van der Waals surface area contributed by atoms with Gasteiger partial charge in [-0.15, -0.1) is 0 Å². The van der Waals surface area contributed by atoms with E-state index in [9.17, 15) is 24.0 Å². The van der Waals surface area contributed by atoms with Gasteiger partial charge in [-0.2, -0.15) is 0 Å². The minimum Gasteiger partial charge on any atom is -0.462 e. The van der Waals surface area contributed by atoms with E-state index < -0.39 is 27.9 Å². The molecule has 1 fully saturated rings. The molecule has 0 radical (unpaired) electrons. The van der Waals surface area contributed by atoms with Crippen molar-refractivity contribution >= 4 is 30.8 Å². The zero-order valence-electron chi connectivity index (χ0n) is 48.1. The second-order valence-electron chi connectivity index (χ2n) is 24.2. The van der Waals surface area contributed by atoms with Gasteiger partial charge in [0, 0.05) is 64.3 Å². The van der Waals surface area contributed by atoms with E-state index in [1.54, 1.807) is 0 Å². The number of nitrogens with zero attached hydrogens (tertiary/aromatic N) is 4. The van der Waals surface area contributed by atoms with E-state index in [1.807, 2.05) is 69.2 Å². The molecule has 1 unspecified atom stereocenters. The summed E-state index contributed by atoms with van der Waals surface area (Å²) in [5.74, 6) is -0.475. The first-order chi connectivity index (χ1) is 33.5. The van der Waals surface area contributed by atoms with Gasteiger partial charge < -0.3 is 28.7 Å². The van der Waals surface area contributed by atoms with Gasteiger partial charge in [-0.3, -0.25) is 33.8 Å². The largest absolute Gasteiger partial charge is 0.462 e. The van der Waals surface area contributed by atoms with Crippen LogP contribution in [0.15, 0.2) is 0 Å². The molecule has 1 heterocycles. The summed E-state index contributed by atoms with van der Waals surface area (Å²) in [6.07, 6.45) is 28.6. The van der Waals surface area contributed by atoms with Crippen LogP contribution in [0.3, 0.4) is 0 Å². The van der Waals surface area contributed by atoms with E-state index in [4.69, 9.17) is 18.9 Å². The van der Waals surface area contributed by atoms with Crippen LogP contribution in [0.5, 0.6) is 0 Å². The summed E-state index contributed by atoms with van der Waals surface area (Å²) in [4.78, 5) is 73.8. The zero-order valence-corrected chi connectivity index (χ0v) is 48.1. The Hall–Kier alpha value is -2.77. The predicted octanol–water partition coefficient (Wildman–Crippen LogP) is 12.2. The quantitative estimate of drug-likeness (QED) is 0.0249. The fourth-order valence-corrected chi connectivity index (χ4v) is 9.78. The van der Waals surface area contributed by atoms with E-state index in [-0.39, 0.29) is 30.9 Å². The molecular formula is C58H110N4O9. The van der Waals surface area contributed by atoms with Crippen LogP contribution >= 0.6 is 0 Å². The highest BCUT2D eigenvalue weighted by Crippen LogP contribution is 2.32. The predicted molar refractivity (Wildman–Crippen MR) is 289 cm³/mol. The van der Waals surface area contributed by atoms with Crippen molar-refractivity contribution in [3.8, 4) is 0 Å². The minimum absolute atomic E-state index is 0.0211. The van der Waals surface area contributed by atoms with Crippen LogP contribution in [0.4, 0.5) is 0 Å². The summed E-state index contributed by atoms with van der Waals surface area (Å²) in [5, 5.41) is 0. The smallest absolute Gasteiger partial charge is 0.320 e. The number of amides is 1. The number of esters is 2. The van der Waals surface area contributed by atoms with Gasteiger partial charge in [0.1, 0.15) is 22.4 Å². The number of hydrogen-bond acceptors (Lipinski definition) is 12. The molecule has 0 N–H and O–H groups in total. The Morgan fingerprint density at radius 3 is 1.41 bits per heavy atom. The fraction of sp³-hybridized carbons (Fsp3) is 0.914. The Kier molecular flexibility index (Phi) is 33.8. The highest BCUT2D eigenvalue weighted by molar-refractivity contribution is 5.76. The van der Waals surface area contributed by atoms with E-state index in [0.29, 0.717) is 90.7 Å². The van der Waals surface area contributed by atoms with Crippen LogP contribution in [-0.2, 0) is 42.9 Å². The van der Waals surface area contributed by atoms with Gasteiger partial charge in [-0.25, -0.2) is 0 Å². The molecule has 1 amide bonds. The molecule has 71 heavy (non-hydrogen) atoms. The Morgan fingerprint density at radius 1 is 0.521 bits per heavy atom. The lowest BCUT2D eigenvalue weighted by Crippen LogP contribution is -2.62. The molecule has 0 spiro atoms. The molecule has 13 nitrogen and oxygen atoms in total. The average Bonchev–Trinajstić information content (AvgIpc) is 3.44. The number of unbranched alkanes of at least 4 members (excludes halogenated alkanes) is 19. The standard InChI is InChI=1S/C58H110N4O9/c1-13-15-17-19-21-23-25-27-29-33-39-61(40-34-30-28-26-24-22-20-18-16-14-2)51(65)35-31-32-36-58(62(42-38-57(11,12)69-50-64)46-53(67)71-55(6,7)8)47-59(41-37-56(9,10)68-49-63)43-44-60(48-58)45-52(66)70-54(3,4)5/h49-50H,13-48H2,1-12H3. The van der Waals surface area contributed by atoms with Gasteiger partial charge in [0.15, 0.2) is 0 Å². The number of carbonyl (C=O) groups is 5. The van der Waals surface area contributed by atoms with Crippen molar-refractivity contribution in [3.63, 3.8) is 0 Å². The molecule has 1 rings (SSSR count). The SMILES string of the molecule is CCCCCCCCCCCCN(CCCCCCCCCCCC)C(=O)CCCCC1(N(CCC(C)(C)OC=O)CC(=O)OC(C)(C)C)CN(CCC(C)(C)OC=O)CCN(CC(=O)OC(C)(C)C)C1. The number of carbonyl (C=O) groups excluding carboxylic acids is 5. The Morgan fingerprint density at radius 2 is 0.944 bits per heavy atom. The second-order valence-corrected chi connectivity index (χ2v) is 24.2. The van der Waals surface area contributed by atoms with Crippen molar-refractivity contribution in [1.82, 2.24) is 19.6 Å². The molecule has 0 aliphatic carbocycles. The normalized spacial score (nSPS) is 16.4. The molecule has 1 aliphatic rings. The lowest BCUT2D eigenvalue weighted by Gasteiger charge is -2.47. The molecule has 0 aromatic carbocycles. The van der Waals surface area contributed by atoms with Gasteiger partial charge in [0.05, 0.1) is 13.1 Å². The fourth-order valence-electron chi connectivity index (χ4n) is 9.78. The molecule has 13 heteroatoms. The maximum absolute atomic E-state index is 14.3. The summed E-state index contributed by atoms with van der Waals surface area (Å²) >= 11 is 0. The van der Waals surface area contributed by atoms with Crippen LogP contribution in [0.2, 0.25) is 0 Å².